The van der Waals surface area contributed by atoms with Crippen molar-refractivity contribution in [2.45, 2.75) is 31.7 Å². The third-order valence-electron chi connectivity index (χ3n) is 8.77. The highest BCUT2D eigenvalue weighted by Gasteiger charge is 2.51. The van der Waals surface area contributed by atoms with Gasteiger partial charge < -0.3 is 24.8 Å². The molecule has 5 amide bonds. The minimum absolute atomic E-state index is 0.0869. The Morgan fingerprint density at radius 3 is 2.31 bits per heavy atom. The molecule has 2 heterocycles. The van der Waals surface area contributed by atoms with Gasteiger partial charge in [0.05, 0.1) is 13.1 Å². The van der Waals surface area contributed by atoms with Crippen molar-refractivity contribution in [3.8, 4) is 5.75 Å². The number of halogens is 1. The van der Waals surface area contributed by atoms with Crippen LogP contribution in [0.5, 0.6) is 5.75 Å². The number of carbonyl (C=O) groups is 4. The monoisotopic (exact) mass is 652 g/mol. The molecular weight excluding hydrogens is 615 g/mol. The molecular formula is C36H37FN6O5. The maximum Gasteiger partial charge on any atom is 0.414 e. The molecule has 0 aliphatic carbocycles. The molecule has 6 rings (SSSR count). The highest BCUT2D eigenvalue weighted by Crippen LogP contribution is 2.31. The molecule has 2 fully saturated rings. The lowest BCUT2D eigenvalue weighted by Crippen LogP contribution is -2.65. The molecule has 1 N–H and O–H groups in total. The van der Waals surface area contributed by atoms with E-state index in [-0.39, 0.29) is 43.7 Å². The first-order valence-corrected chi connectivity index (χ1v) is 15.7. The van der Waals surface area contributed by atoms with Gasteiger partial charge in [0.1, 0.15) is 23.8 Å². The van der Waals surface area contributed by atoms with Crippen molar-refractivity contribution in [1.82, 2.24) is 30.0 Å². The Bertz CT molecular complexity index is 1830. The Balaban J connectivity index is 1.26. The van der Waals surface area contributed by atoms with Crippen molar-refractivity contribution in [3.63, 3.8) is 0 Å². The van der Waals surface area contributed by atoms with E-state index < -0.39 is 24.3 Å². The molecule has 0 aromatic heterocycles. The van der Waals surface area contributed by atoms with Crippen molar-refractivity contribution in [3.05, 3.63) is 114 Å². The van der Waals surface area contributed by atoms with Crippen LogP contribution in [0.15, 0.2) is 91.0 Å². The van der Waals surface area contributed by atoms with Crippen molar-refractivity contribution >= 4 is 34.7 Å². The second-order valence-electron chi connectivity index (χ2n) is 12.2. The first-order chi connectivity index (χ1) is 23.1. The molecule has 4 aromatic carbocycles. The zero-order chi connectivity index (χ0) is 33.9. The molecule has 0 radical (unpaired) electrons. The summed E-state index contributed by atoms with van der Waals surface area (Å²) < 4.78 is 18.7. The lowest BCUT2D eigenvalue weighted by Gasteiger charge is -2.46. The van der Waals surface area contributed by atoms with Gasteiger partial charge in [0.25, 0.3) is 0 Å². The lowest BCUT2D eigenvalue weighted by atomic mass is 9.99. The van der Waals surface area contributed by atoms with E-state index in [1.807, 2.05) is 42.5 Å². The molecule has 2 saturated heterocycles. The SMILES string of the molecule is CN(C)C(=O)Oc1ccc(C[C@H]2C(=O)N(Cc3cccc4ccccc34)C[C@H]3N2C(=O)CN3N(C)C(=O)NCc2ccc(F)cc2)cc1. The molecule has 12 heteroatoms. The van der Waals surface area contributed by atoms with Gasteiger partial charge in [-0.25, -0.2) is 14.0 Å². The van der Waals surface area contributed by atoms with E-state index in [2.05, 4.69) is 5.32 Å². The van der Waals surface area contributed by atoms with Crippen LogP contribution >= 0.6 is 0 Å². The largest absolute Gasteiger partial charge is 0.414 e. The van der Waals surface area contributed by atoms with Gasteiger partial charge in [-0.3, -0.25) is 14.6 Å². The second-order valence-corrected chi connectivity index (χ2v) is 12.2. The number of piperazine rings is 1. The molecule has 2 aliphatic rings. The van der Waals surface area contributed by atoms with Gasteiger partial charge in [-0.2, -0.15) is 5.01 Å². The molecule has 11 nitrogen and oxygen atoms in total. The average molecular weight is 653 g/mol. The number of nitrogens with zero attached hydrogens (tertiary/aromatic N) is 5. The standard InChI is InChI=1S/C36H37FN6O5/c1-39(2)36(47)48-29-17-13-24(14-18-29)19-31-34(45)41(21-27-9-6-8-26-7-4-5-10-30(26)27)22-32-42(23-33(44)43(31)32)40(3)35(46)38-20-25-11-15-28(37)16-12-25/h4-18,31-32H,19-23H2,1-3H3,(H,38,46)/t31-,32+/m0/s1. The summed E-state index contributed by atoms with van der Waals surface area (Å²) in [6.07, 6.45) is -0.883. The summed E-state index contributed by atoms with van der Waals surface area (Å²) >= 11 is 0. The Morgan fingerprint density at radius 2 is 1.58 bits per heavy atom. The number of hydrogen-bond donors (Lipinski definition) is 1. The van der Waals surface area contributed by atoms with E-state index >= 15 is 0 Å². The third-order valence-corrected chi connectivity index (χ3v) is 8.77. The highest BCUT2D eigenvalue weighted by molar-refractivity contribution is 5.92. The first kappa shape index (κ1) is 32.5. The van der Waals surface area contributed by atoms with E-state index in [9.17, 15) is 23.6 Å². The maximum atomic E-state index is 14.3. The van der Waals surface area contributed by atoms with Crippen LogP contribution in [0.4, 0.5) is 14.0 Å². The number of hydrogen-bond acceptors (Lipinski definition) is 6. The summed E-state index contributed by atoms with van der Waals surface area (Å²) in [6.45, 7) is 0.604. The summed E-state index contributed by atoms with van der Waals surface area (Å²) in [5, 5.41) is 7.99. The normalized spacial score (nSPS) is 17.8. The van der Waals surface area contributed by atoms with Crippen LogP contribution in [0.3, 0.4) is 0 Å². The number of nitrogens with one attached hydrogen (secondary N) is 1. The second kappa shape index (κ2) is 13.7. The Hall–Kier alpha value is -5.49. The fourth-order valence-corrected chi connectivity index (χ4v) is 6.21. The van der Waals surface area contributed by atoms with Crippen LogP contribution < -0.4 is 10.1 Å². The number of urea groups is 1. The van der Waals surface area contributed by atoms with Crippen LogP contribution in [0.25, 0.3) is 10.8 Å². The zero-order valence-corrected chi connectivity index (χ0v) is 27.0. The quantitative estimate of drug-likeness (QED) is 0.306. The van der Waals surface area contributed by atoms with Crippen LogP contribution in [0.1, 0.15) is 16.7 Å². The number of amides is 5. The first-order valence-electron chi connectivity index (χ1n) is 15.7. The molecule has 0 bridgehead atoms. The van der Waals surface area contributed by atoms with Gasteiger partial charge in [0.15, 0.2) is 0 Å². The highest BCUT2D eigenvalue weighted by atomic mass is 19.1. The predicted molar refractivity (Wildman–Crippen MR) is 177 cm³/mol. The smallest absolute Gasteiger partial charge is 0.410 e. The molecule has 48 heavy (non-hydrogen) atoms. The predicted octanol–water partition coefficient (Wildman–Crippen LogP) is 4.22. The molecule has 4 aromatic rings. The number of carbonyl (C=O) groups excluding carboxylic acids is 4. The van der Waals surface area contributed by atoms with Gasteiger partial charge >= 0.3 is 12.1 Å². The number of rotatable bonds is 8. The van der Waals surface area contributed by atoms with E-state index in [4.69, 9.17) is 4.74 Å². The summed E-state index contributed by atoms with van der Waals surface area (Å²) in [5.74, 6) is -0.464. The maximum absolute atomic E-state index is 14.3. The molecule has 248 valence electrons. The van der Waals surface area contributed by atoms with Crippen LogP contribution in [-0.2, 0) is 29.1 Å². The van der Waals surface area contributed by atoms with Crippen LogP contribution in [0.2, 0.25) is 0 Å². The molecule has 2 atom stereocenters. The average Bonchev–Trinajstić information content (AvgIpc) is 3.41. The van der Waals surface area contributed by atoms with E-state index in [0.29, 0.717) is 12.3 Å². The van der Waals surface area contributed by atoms with E-state index in [1.54, 1.807) is 72.3 Å². The summed E-state index contributed by atoms with van der Waals surface area (Å²) in [6, 6.07) is 25.4. The Kier molecular flexibility index (Phi) is 9.26. The minimum atomic E-state index is -0.831. The molecule has 0 unspecified atom stereocenters. The van der Waals surface area contributed by atoms with Crippen molar-refractivity contribution in [2.75, 3.05) is 34.2 Å². The van der Waals surface area contributed by atoms with Gasteiger partial charge in [-0.05, 0) is 51.7 Å². The number of hydrazine groups is 1. The molecule has 0 saturated carbocycles. The topological polar surface area (TPSA) is 106 Å². The number of fused-ring (bicyclic) bond motifs is 2. The Morgan fingerprint density at radius 1 is 0.896 bits per heavy atom. The zero-order valence-electron chi connectivity index (χ0n) is 27.0. The van der Waals surface area contributed by atoms with Gasteiger partial charge in [-0.1, -0.05) is 66.7 Å². The summed E-state index contributed by atoms with van der Waals surface area (Å²) in [7, 11) is 4.77. The van der Waals surface area contributed by atoms with Crippen LogP contribution in [-0.4, -0.2) is 95.1 Å². The van der Waals surface area contributed by atoms with Crippen molar-refractivity contribution < 1.29 is 28.3 Å². The Labute approximate surface area is 278 Å². The summed E-state index contributed by atoms with van der Waals surface area (Å²) in [4.78, 5) is 57.9. The van der Waals surface area contributed by atoms with Gasteiger partial charge in [-0.15, -0.1) is 0 Å². The fourth-order valence-electron chi connectivity index (χ4n) is 6.21. The van der Waals surface area contributed by atoms with E-state index in [0.717, 1.165) is 27.5 Å². The molecule has 2 aliphatic heterocycles. The lowest BCUT2D eigenvalue weighted by molar-refractivity contribution is -0.157. The molecule has 0 spiro atoms. The van der Waals surface area contributed by atoms with E-state index in [1.165, 1.54) is 22.0 Å². The van der Waals surface area contributed by atoms with Crippen molar-refractivity contribution in [1.29, 1.82) is 0 Å². The van der Waals surface area contributed by atoms with Gasteiger partial charge in [0.2, 0.25) is 11.8 Å². The summed E-state index contributed by atoms with van der Waals surface area (Å²) in [5.41, 5.74) is 2.48. The van der Waals surface area contributed by atoms with Crippen LogP contribution in [0, 0.1) is 5.82 Å². The minimum Gasteiger partial charge on any atom is -0.410 e. The fraction of sp³-hybridized carbons (Fsp3) is 0.278. The third kappa shape index (κ3) is 6.79. The number of benzene rings is 4. The number of ether oxygens (including phenoxy) is 1. The van der Waals surface area contributed by atoms with Gasteiger partial charge in [0, 0.05) is 40.7 Å². The van der Waals surface area contributed by atoms with Crippen molar-refractivity contribution in [2.24, 2.45) is 0 Å².